The van der Waals surface area contributed by atoms with Crippen molar-refractivity contribution in [3.05, 3.63) is 89.0 Å². The van der Waals surface area contributed by atoms with Gasteiger partial charge in [0.25, 0.3) is 0 Å². The lowest BCUT2D eigenvalue weighted by atomic mass is 9.73. The number of hydrogen-bond acceptors (Lipinski definition) is 0. The minimum absolute atomic E-state index is 0.0412. The predicted molar refractivity (Wildman–Crippen MR) is 122 cm³/mol. The maximum Gasteiger partial charge on any atom is 0.0537 e. The van der Waals surface area contributed by atoms with Gasteiger partial charge in [-0.2, -0.15) is 0 Å². The van der Waals surface area contributed by atoms with Crippen molar-refractivity contribution in [3.63, 3.8) is 0 Å². The Morgan fingerprint density at radius 3 is 2.32 bits per heavy atom. The van der Waals surface area contributed by atoms with E-state index in [1.54, 1.807) is 0 Å². The third-order valence-corrected chi connectivity index (χ3v) is 5.62. The normalized spacial score (nSPS) is 18.7. The van der Waals surface area contributed by atoms with Crippen molar-refractivity contribution in [1.29, 1.82) is 0 Å². The minimum Gasteiger partial charge on any atom is -0.0866 e. The summed E-state index contributed by atoms with van der Waals surface area (Å²) in [7, 11) is 0. The van der Waals surface area contributed by atoms with Crippen LogP contribution in [0.1, 0.15) is 69.6 Å². The van der Waals surface area contributed by atoms with Gasteiger partial charge in [-0.15, -0.1) is 0 Å². The van der Waals surface area contributed by atoms with Gasteiger partial charge in [0.1, 0.15) is 0 Å². The van der Waals surface area contributed by atoms with Crippen LogP contribution in [0.25, 0.3) is 5.57 Å². The summed E-state index contributed by atoms with van der Waals surface area (Å²) < 4.78 is 0. The average molecular weight is 369 g/mol. The van der Waals surface area contributed by atoms with Crippen LogP contribution in [-0.2, 0) is 6.42 Å². The van der Waals surface area contributed by atoms with Gasteiger partial charge in [0.2, 0.25) is 0 Å². The molecule has 0 bridgehead atoms. The smallest absolute Gasteiger partial charge is 0.0537 e. The largest absolute Gasteiger partial charge is 0.0866 e. The van der Waals surface area contributed by atoms with Crippen molar-refractivity contribution in [2.45, 2.75) is 59.3 Å². The van der Waals surface area contributed by atoms with Crippen LogP contribution >= 0.6 is 0 Å². The van der Waals surface area contributed by atoms with Crippen molar-refractivity contribution >= 4 is 5.57 Å². The fourth-order valence-electron chi connectivity index (χ4n) is 4.03. The molecule has 0 aromatic heterocycles. The lowest BCUT2D eigenvalue weighted by Gasteiger charge is -2.30. The van der Waals surface area contributed by atoms with E-state index in [1.165, 1.54) is 41.5 Å². The molecule has 0 heteroatoms. The molecule has 1 aliphatic carbocycles. The highest BCUT2D eigenvalue weighted by atomic mass is 14.3. The molecule has 2 aromatic carbocycles. The molecule has 0 fully saturated rings. The number of unbranched alkanes of at least 4 members (excludes halogenated alkanes) is 1. The molecule has 2 aromatic rings. The number of hydrogen-bond donors (Lipinski definition) is 0. The second kappa shape index (κ2) is 9.61. The van der Waals surface area contributed by atoms with Crippen LogP contribution in [0.5, 0.6) is 0 Å². The van der Waals surface area contributed by atoms with Crippen molar-refractivity contribution in [1.82, 2.24) is 0 Å². The highest BCUT2D eigenvalue weighted by Crippen LogP contribution is 2.40. The number of aryl methyl sites for hydroxylation is 1. The zero-order valence-corrected chi connectivity index (χ0v) is 17.6. The second-order valence-electron chi connectivity index (χ2n) is 8.03. The fourth-order valence-corrected chi connectivity index (χ4v) is 4.03. The van der Waals surface area contributed by atoms with Crippen molar-refractivity contribution in [2.75, 3.05) is 0 Å². The Bertz CT molecular complexity index is 885. The van der Waals surface area contributed by atoms with Crippen molar-refractivity contribution in [3.8, 4) is 11.8 Å². The lowest BCUT2D eigenvalue weighted by molar-refractivity contribution is 0.441. The number of rotatable bonds is 6. The van der Waals surface area contributed by atoms with Gasteiger partial charge >= 0.3 is 0 Å². The Hall–Kier alpha value is -2.52. The molecule has 0 heterocycles. The first-order chi connectivity index (χ1) is 13.7. The quantitative estimate of drug-likeness (QED) is 0.460. The molecule has 0 radical (unpaired) electrons. The van der Waals surface area contributed by atoms with Gasteiger partial charge in [-0.3, -0.25) is 0 Å². The Kier molecular flexibility index (Phi) is 6.94. The average Bonchev–Trinajstić information content (AvgIpc) is 2.73. The van der Waals surface area contributed by atoms with Crippen LogP contribution < -0.4 is 0 Å². The maximum absolute atomic E-state index is 3.67. The molecule has 0 saturated heterocycles. The Labute approximate surface area is 171 Å². The van der Waals surface area contributed by atoms with E-state index in [2.05, 4.69) is 99.4 Å². The first kappa shape index (κ1) is 20.2. The van der Waals surface area contributed by atoms with Gasteiger partial charge in [0.15, 0.2) is 0 Å². The molecule has 0 amide bonds. The van der Waals surface area contributed by atoms with Crippen LogP contribution in [0.3, 0.4) is 0 Å². The maximum atomic E-state index is 3.67. The van der Waals surface area contributed by atoms with Gasteiger partial charge < -0.3 is 0 Å². The van der Waals surface area contributed by atoms with Crippen molar-refractivity contribution < 1.29 is 0 Å². The molecule has 0 aliphatic heterocycles. The van der Waals surface area contributed by atoms with Gasteiger partial charge in [0, 0.05) is 5.56 Å². The molecule has 0 spiro atoms. The first-order valence-corrected chi connectivity index (χ1v) is 10.7. The molecule has 0 nitrogen and oxygen atoms in total. The Balaban J connectivity index is 1.85. The monoisotopic (exact) mass is 368 g/mol. The van der Waals surface area contributed by atoms with E-state index in [0.717, 1.165) is 24.8 Å². The molecular weight excluding hydrogens is 336 g/mol. The molecule has 1 unspecified atom stereocenters. The van der Waals surface area contributed by atoms with Crippen LogP contribution in [0.4, 0.5) is 0 Å². The molecule has 0 saturated carbocycles. The molecular formula is C28H32. The van der Waals surface area contributed by atoms with E-state index in [-0.39, 0.29) is 5.41 Å². The van der Waals surface area contributed by atoms with E-state index in [4.69, 9.17) is 0 Å². The standard InChI is InChI=1S/C28H32/c1-4-6-19-28(20-17-25-15-13-24(10-5-2)14-16-25)21-18-27(23(3)22-28)26-11-8-7-9-12-26/h7-9,11-16,18,21H,4-6,10,19,22H2,1-3H3. The van der Waals surface area contributed by atoms with E-state index >= 15 is 0 Å². The topological polar surface area (TPSA) is 0 Å². The lowest BCUT2D eigenvalue weighted by Crippen LogP contribution is -2.19. The summed E-state index contributed by atoms with van der Waals surface area (Å²) in [6.07, 6.45) is 11.6. The van der Waals surface area contributed by atoms with E-state index in [9.17, 15) is 0 Å². The predicted octanol–water partition coefficient (Wildman–Crippen LogP) is 7.60. The van der Waals surface area contributed by atoms with Gasteiger partial charge in [0.05, 0.1) is 5.41 Å². The summed E-state index contributed by atoms with van der Waals surface area (Å²) in [5.41, 5.74) is 6.59. The SMILES string of the molecule is CCCCC1(C#Cc2ccc(CCC)cc2)C=CC(c2ccccc2)=C(C)C1. The summed E-state index contributed by atoms with van der Waals surface area (Å²) in [5.74, 6) is 7.15. The number of allylic oxidation sites excluding steroid dienone is 4. The zero-order chi connectivity index (χ0) is 19.8. The highest BCUT2D eigenvalue weighted by Gasteiger charge is 2.28. The molecule has 0 N–H and O–H groups in total. The van der Waals surface area contributed by atoms with E-state index in [1.807, 2.05) is 0 Å². The molecule has 1 atom stereocenters. The van der Waals surface area contributed by atoms with E-state index in [0.29, 0.717) is 0 Å². The first-order valence-electron chi connectivity index (χ1n) is 10.7. The summed E-state index contributed by atoms with van der Waals surface area (Å²) in [5, 5.41) is 0. The Morgan fingerprint density at radius 2 is 1.68 bits per heavy atom. The van der Waals surface area contributed by atoms with Gasteiger partial charge in [-0.1, -0.05) is 105 Å². The third-order valence-electron chi connectivity index (χ3n) is 5.62. The number of benzene rings is 2. The fraction of sp³-hybridized carbons (Fsp3) is 0.357. The third kappa shape index (κ3) is 5.05. The van der Waals surface area contributed by atoms with E-state index < -0.39 is 0 Å². The summed E-state index contributed by atoms with van der Waals surface area (Å²) in [4.78, 5) is 0. The second-order valence-corrected chi connectivity index (χ2v) is 8.03. The molecule has 1 aliphatic rings. The van der Waals surface area contributed by atoms with Crippen LogP contribution in [0.2, 0.25) is 0 Å². The highest BCUT2D eigenvalue weighted by molar-refractivity contribution is 5.78. The zero-order valence-electron chi connectivity index (χ0n) is 17.6. The summed E-state index contributed by atoms with van der Waals surface area (Å²) in [6, 6.07) is 19.5. The summed E-state index contributed by atoms with van der Waals surface area (Å²) in [6.45, 7) is 6.76. The van der Waals surface area contributed by atoms with Gasteiger partial charge in [-0.25, -0.2) is 0 Å². The molecule has 144 valence electrons. The summed E-state index contributed by atoms with van der Waals surface area (Å²) >= 11 is 0. The Morgan fingerprint density at radius 1 is 0.929 bits per heavy atom. The minimum atomic E-state index is -0.0412. The van der Waals surface area contributed by atoms with Gasteiger partial charge in [-0.05, 0) is 55.0 Å². The molecule has 28 heavy (non-hydrogen) atoms. The van der Waals surface area contributed by atoms with Crippen LogP contribution in [0.15, 0.2) is 72.3 Å². The molecule has 3 rings (SSSR count). The van der Waals surface area contributed by atoms with Crippen molar-refractivity contribution in [2.24, 2.45) is 5.41 Å². The van der Waals surface area contributed by atoms with Crippen LogP contribution in [0, 0.1) is 17.3 Å². The van der Waals surface area contributed by atoms with Crippen LogP contribution in [-0.4, -0.2) is 0 Å².